The van der Waals surface area contributed by atoms with E-state index in [1.165, 1.54) is 22.3 Å². The van der Waals surface area contributed by atoms with E-state index in [0.717, 1.165) is 94.3 Å². The largest absolute Gasteiger partial charge is 0.501 e. The van der Waals surface area contributed by atoms with Gasteiger partial charge in [0.25, 0.3) is 0 Å². The van der Waals surface area contributed by atoms with Crippen LogP contribution in [0.25, 0.3) is 105 Å². The molecule has 0 fully saturated rings. The van der Waals surface area contributed by atoms with Gasteiger partial charge in [-0.15, -0.1) is 54.1 Å². The van der Waals surface area contributed by atoms with Crippen molar-refractivity contribution < 1.29 is 31.7 Å². The first-order valence-electron chi connectivity index (χ1n) is 26.1. The van der Waals surface area contributed by atoms with Crippen molar-refractivity contribution in [1.29, 1.82) is 0 Å². The summed E-state index contributed by atoms with van der Waals surface area (Å²) in [7, 11) is 0. The zero-order valence-electron chi connectivity index (χ0n) is 45.1. The van der Waals surface area contributed by atoms with Crippen LogP contribution in [0, 0.1) is 17.5 Å². The van der Waals surface area contributed by atoms with E-state index in [0.29, 0.717) is 11.1 Å². The number of imidazole rings is 1. The van der Waals surface area contributed by atoms with Crippen molar-refractivity contribution in [2.45, 2.75) is 92.9 Å². The van der Waals surface area contributed by atoms with Crippen LogP contribution >= 0.6 is 0 Å². The van der Waals surface area contributed by atoms with E-state index in [1.807, 2.05) is 99.8 Å². The number of hydrogen-bond acceptors (Lipinski definition) is 5. The van der Waals surface area contributed by atoms with E-state index in [1.54, 1.807) is 0 Å². The Morgan fingerprint density at radius 2 is 1.30 bits per heavy atom. The summed E-state index contributed by atoms with van der Waals surface area (Å²) < 4.78 is 33.8. The Labute approximate surface area is 444 Å². The molecule has 0 aliphatic heterocycles. The SMILES string of the molecule is CC(C)(C)c1ccnc(-c2[c-]cccc2)n1.[2H]C([2H])(c1ccc2cc3nc(-c4[c-]ccc5c4oc4cc6c(cc45)oc4ccccc46)n(-c4c(C(C)C)cc(-c5ccccc5)cc4C(C)C)c3cc2c1)C(C)(C)C.[Ir]. The summed E-state index contributed by atoms with van der Waals surface area (Å²) in [4.78, 5) is 14.3. The minimum absolute atomic E-state index is 0. The van der Waals surface area contributed by atoms with Gasteiger partial charge in [-0.2, -0.15) is 0 Å². The zero-order chi connectivity index (χ0) is 51.8. The van der Waals surface area contributed by atoms with Crippen LogP contribution in [-0.2, 0) is 31.9 Å². The van der Waals surface area contributed by atoms with Crippen molar-refractivity contribution in [2.75, 3.05) is 0 Å². The third-order valence-corrected chi connectivity index (χ3v) is 13.4. The summed E-state index contributed by atoms with van der Waals surface area (Å²) in [6.07, 6.45) is 0.271. The predicted octanol–water partition coefficient (Wildman–Crippen LogP) is 18.2. The molecule has 0 aliphatic rings. The number of aromatic nitrogens is 4. The van der Waals surface area contributed by atoms with Crippen LogP contribution < -0.4 is 0 Å². The smallest absolute Gasteiger partial charge is 0.136 e. The summed E-state index contributed by atoms with van der Waals surface area (Å²) in [5.74, 6) is 1.85. The third kappa shape index (κ3) is 9.53. The maximum absolute atomic E-state index is 9.12. The fraction of sp³-hybridized carbons (Fsp3) is 0.227. The predicted molar refractivity (Wildman–Crippen MR) is 299 cm³/mol. The molecule has 0 aliphatic carbocycles. The molecular formula is C66H60IrN4O2-2. The topological polar surface area (TPSA) is 69.9 Å². The molecule has 6 nitrogen and oxygen atoms in total. The van der Waals surface area contributed by atoms with Crippen molar-refractivity contribution >= 4 is 65.7 Å². The van der Waals surface area contributed by atoms with E-state index in [4.69, 9.17) is 16.6 Å². The molecular weight excluding hydrogens is 1070 g/mol. The molecule has 0 saturated carbocycles. The second-order valence-corrected chi connectivity index (χ2v) is 21.7. The number of para-hydroxylation sites is 1. The fourth-order valence-corrected chi connectivity index (χ4v) is 9.90. The van der Waals surface area contributed by atoms with E-state index < -0.39 is 11.8 Å². The second-order valence-electron chi connectivity index (χ2n) is 21.7. The third-order valence-electron chi connectivity index (χ3n) is 13.4. The van der Waals surface area contributed by atoms with Gasteiger partial charge in [0.15, 0.2) is 0 Å². The molecule has 4 heterocycles. The van der Waals surface area contributed by atoms with Crippen LogP contribution in [0.1, 0.15) is 106 Å². The van der Waals surface area contributed by atoms with Gasteiger partial charge in [-0.25, -0.2) is 0 Å². The van der Waals surface area contributed by atoms with Crippen LogP contribution in [0.5, 0.6) is 0 Å². The Morgan fingerprint density at radius 3 is 2.00 bits per heavy atom. The molecule has 12 aromatic rings. The first-order chi connectivity index (χ1) is 35.4. The number of benzene rings is 8. The Kier molecular flexibility index (Phi) is 12.4. The summed E-state index contributed by atoms with van der Waals surface area (Å²) >= 11 is 0. The average Bonchev–Trinajstić information content (AvgIpc) is 4.07. The van der Waals surface area contributed by atoms with Gasteiger partial charge in [-0.1, -0.05) is 147 Å². The molecule has 8 aromatic carbocycles. The Balaban J connectivity index is 0.000000323. The number of nitrogens with zero attached hydrogens (tertiary/aromatic N) is 4. The van der Waals surface area contributed by atoms with Crippen LogP contribution in [-0.4, -0.2) is 19.5 Å². The first-order valence-corrected chi connectivity index (χ1v) is 25.1. The van der Waals surface area contributed by atoms with Gasteiger partial charge in [-0.05, 0) is 111 Å². The molecule has 0 bridgehead atoms. The number of hydrogen-bond donors (Lipinski definition) is 0. The molecule has 367 valence electrons. The maximum atomic E-state index is 9.12. The molecule has 0 saturated heterocycles. The number of fused-ring (bicyclic) bond motifs is 8. The molecule has 73 heavy (non-hydrogen) atoms. The monoisotopic (exact) mass is 1140 g/mol. The van der Waals surface area contributed by atoms with Gasteiger partial charge < -0.3 is 13.4 Å². The van der Waals surface area contributed by atoms with E-state index in [2.05, 4.69) is 154 Å². The molecule has 0 unspecified atom stereocenters. The van der Waals surface area contributed by atoms with E-state index in [-0.39, 0.29) is 37.4 Å². The first kappa shape index (κ1) is 46.9. The van der Waals surface area contributed by atoms with Crippen molar-refractivity contribution in [1.82, 2.24) is 19.5 Å². The van der Waals surface area contributed by atoms with Gasteiger partial charge in [0.1, 0.15) is 16.7 Å². The minimum Gasteiger partial charge on any atom is -0.501 e. The molecule has 0 atom stereocenters. The standard InChI is InChI=1S/C52H45N2O2.C14H15N2.Ir/c1-30(2)40-23-36(33-14-9-8-10-15-33)24-41(31(3)4)49(40)54-45-26-35-22-32(29-52(5,6)7)20-21-34(35)25-44(45)53-51(54)39-18-13-17-38-43-28-47-42(27-48(43)56-50(38)39)37-16-11-12-19-46(37)55-47;1-14(2,3)12-9-10-15-13(16-12)11-7-5-4-6-8-11;/h8-17,19-28,30-31H,29H2,1-7H3;4-7,9-10H,1-3H3;/q2*-1;/i29D2;;. The van der Waals surface area contributed by atoms with Crippen LogP contribution in [0.4, 0.5) is 0 Å². The van der Waals surface area contributed by atoms with Crippen molar-refractivity contribution in [3.63, 3.8) is 0 Å². The van der Waals surface area contributed by atoms with Crippen molar-refractivity contribution in [3.8, 4) is 39.6 Å². The molecule has 0 N–H and O–H groups in total. The second kappa shape index (κ2) is 19.3. The summed E-state index contributed by atoms with van der Waals surface area (Å²) in [6, 6.07) is 58.4. The van der Waals surface area contributed by atoms with Gasteiger partial charge >= 0.3 is 0 Å². The van der Waals surface area contributed by atoms with Crippen molar-refractivity contribution in [2.24, 2.45) is 5.41 Å². The molecule has 7 heteroatoms. The molecule has 0 amide bonds. The zero-order valence-corrected chi connectivity index (χ0v) is 45.5. The summed E-state index contributed by atoms with van der Waals surface area (Å²) in [6.45, 7) is 21.4. The quantitative estimate of drug-likeness (QED) is 0.149. The van der Waals surface area contributed by atoms with E-state index in [9.17, 15) is 0 Å². The van der Waals surface area contributed by atoms with Crippen LogP contribution in [0.15, 0.2) is 167 Å². The molecule has 1 radical (unpaired) electrons. The Morgan fingerprint density at radius 1 is 0.603 bits per heavy atom. The number of furan rings is 2. The number of rotatable bonds is 7. The Hall–Kier alpha value is -7.18. The Bertz CT molecular complexity index is 4050. The molecule has 12 rings (SSSR count). The van der Waals surface area contributed by atoms with Crippen molar-refractivity contribution in [3.05, 3.63) is 192 Å². The van der Waals surface area contributed by atoms with Gasteiger partial charge in [-0.3, -0.25) is 15.0 Å². The van der Waals surface area contributed by atoms with Gasteiger partial charge in [0, 0.05) is 62.0 Å². The summed E-state index contributed by atoms with van der Waals surface area (Å²) in [5, 5.41) is 5.99. The molecule has 0 spiro atoms. The minimum atomic E-state index is -1.54. The summed E-state index contributed by atoms with van der Waals surface area (Å²) in [5.41, 5.74) is 13.7. The van der Waals surface area contributed by atoms with Gasteiger partial charge in [0.2, 0.25) is 0 Å². The van der Waals surface area contributed by atoms with Gasteiger partial charge in [0.05, 0.1) is 28.3 Å². The van der Waals surface area contributed by atoms with E-state index >= 15 is 0 Å². The normalized spacial score (nSPS) is 12.8. The average molecular weight is 1140 g/mol. The fourth-order valence-electron chi connectivity index (χ4n) is 9.90. The van der Waals surface area contributed by atoms with Crippen LogP contribution in [0.2, 0.25) is 0 Å². The van der Waals surface area contributed by atoms with Crippen LogP contribution in [0.3, 0.4) is 0 Å². The molecule has 4 aromatic heterocycles. The maximum Gasteiger partial charge on any atom is 0.136 e.